The summed E-state index contributed by atoms with van der Waals surface area (Å²) in [6, 6.07) is 3.84. The average Bonchev–Trinajstić information content (AvgIpc) is 2.67. The number of pyridine rings is 1. The Hall–Kier alpha value is -1.84. The Morgan fingerprint density at radius 3 is 2.63 bits per heavy atom. The number of nitrogens with one attached hydrogen (secondary N) is 1. The van der Waals surface area contributed by atoms with E-state index in [0.29, 0.717) is 0 Å². The van der Waals surface area contributed by atoms with Gasteiger partial charge in [0.05, 0.1) is 11.4 Å². The molecule has 2 aromatic heterocycles. The lowest BCUT2D eigenvalue weighted by atomic mass is 10.0. The Kier molecular flexibility index (Phi) is 3.88. The maximum absolute atomic E-state index is 12.1. The molecule has 0 unspecified atom stereocenters. The highest BCUT2D eigenvalue weighted by Crippen LogP contribution is 2.17. The molecule has 4 heteroatoms. The van der Waals surface area contributed by atoms with Gasteiger partial charge in [-0.05, 0) is 38.8 Å². The molecular weight excluding hydrogens is 238 g/mol. The lowest BCUT2D eigenvalue weighted by Crippen LogP contribution is -2.21. The Bertz CT molecular complexity index is 597. The van der Waals surface area contributed by atoms with Crippen molar-refractivity contribution >= 4 is 17.2 Å². The number of imidazole rings is 1. The summed E-state index contributed by atoms with van der Waals surface area (Å²) < 4.78 is 2.01. The van der Waals surface area contributed by atoms with Crippen LogP contribution in [0.1, 0.15) is 38.1 Å². The van der Waals surface area contributed by atoms with Crippen LogP contribution in [0.4, 0.5) is 5.69 Å². The number of anilines is 1. The minimum Gasteiger partial charge on any atom is -0.325 e. The Morgan fingerprint density at radius 1 is 1.32 bits per heavy atom. The van der Waals surface area contributed by atoms with Crippen LogP contribution in [-0.4, -0.2) is 15.3 Å². The first-order valence-corrected chi connectivity index (χ1v) is 6.83. The van der Waals surface area contributed by atoms with Crippen molar-refractivity contribution in [3.05, 3.63) is 29.7 Å². The molecule has 0 aliphatic rings. The molecular formula is C15H21N3O. The van der Waals surface area contributed by atoms with Crippen molar-refractivity contribution in [2.24, 2.45) is 5.92 Å². The monoisotopic (exact) mass is 259 g/mol. The van der Waals surface area contributed by atoms with E-state index >= 15 is 0 Å². The number of fused-ring (bicyclic) bond motifs is 1. The normalized spacial score (nSPS) is 11.2. The summed E-state index contributed by atoms with van der Waals surface area (Å²) in [6.45, 7) is 8.10. The summed E-state index contributed by atoms with van der Waals surface area (Å²) in [7, 11) is 0. The Labute approximate surface area is 113 Å². The number of aromatic nitrogens is 2. The second kappa shape index (κ2) is 5.43. The van der Waals surface area contributed by atoms with Gasteiger partial charge in [-0.15, -0.1) is 0 Å². The number of hydrogen-bond donors (Lipinski definition) is 1. The van der Waals surface area contributed by atoms with Crippen LogP contribution in [0.5, 0.6) is 0 Å². The van der Waals surface area contributed by atoms with Crippen molar-refractivity contribution < 1.29 is 4.79 Å². The third-order valence-corrected chi connectivity index (χ3v) is 3.72. The van der Waals surface area contributed by atoms with Gasteiger partial charge < -0.3 is 9.72 Å². The fourth-order valence-electron chi connectivity index (χ4n) is 2.26. The SMILES string of the molecule is CCC(CC)C(=O)Nc1ccc2nc(C)c(C)n2c1. The summed E-state index contributed by atoms with van der Waals surface area (Å²) in [6.07, 6.45) is 3.67. The lowest BCUT2D eigenvalue weighted by Gasteiger charge is -2.13. The molecule has 1 amide bonds. The summed E-state index contributed by atoms with van der Waals surface area (Å²) >= 11 is 0. The smallest absolute Gasteiger partial charge is 0.227 e. The van der Waals surface area contributed by atoms with Crippen LogP contribution in [-0.2, 0) is 4.79 Å². The molecule has 102 valence electrons. The molecule has 0 fully saturated rings. The van der Waals surface area contributed by atoms with E-state index in [0.717, 1.165) is 35.6 Å². The van der Waals surface area contributed by atoms with Crippen LogP contribution in [0.25, 0.3) is 5.65 Å². The molecule has 0 saturated carbocycles. The number of hydrogen-bond acceptors (Lipinski definition) is 2. The zero-order valence-electron chi connectivity index (χ0n) is 12.0. The first-order chi connectivity index (χ1) is 9.06. The van der Waals surface area contributed by atoms with Crippen molar-refractivity contribution in [2.75, 3.05) is 5.32 Å². The molecule has 2 rings (SSSR count). The van der Waals surface area contributed by atoms with Gasteiger partial charge in [-0.25, -0.2) is 4.98 Å². The highest BCUT2D eigenvalue weighted by molar-refractivity contribution is 5.92. The summed E-state index contributed by atoms with van der Waals surface area (Å²) in [5.74, 6) is 0.181. The minimum absolute atomic E-state index is 0.0846. The molecule has 0 atom stereocenters. The van der Waals surface area contributed by atoms with Crippen molar-refractivity contribution in [1.29, 1.82) is 0 Å². The van der Waals surface area contributed by atoms with Gasteiger partial charge in [-0.1, -0.05) is 13.8 Å². The van der Waals surface area contributed by atoms with Gasteiger partial charge in [0.1, 0.15) is 5.65 Å². The highest BCUT2D eigenvalue weighted by atomic mass is 16.1. The van der Waals surface area contributed by atoms with E-state index in [1.54, 1.807) is 0 Å². The summed E-state index contributed by atoms with van der Waals surface area (Å²) in [4.78, 5) is 16.5. The molecule has 2 aromatic rings. The van der Waals surface area contributed by atoms with Crippen LogP contribution >= 0.6 is 0 Å². The van der Waals surface area contributed by atoms with E-state index in [1.807, 2.05) is 50.4 Å². The van der Waals surface area contributed by atoms with Crippen LogP contribution < -0.4 is 5.32 Å². The van der Waals surface area contributed by atoms with Gasteiger partial charge >= 0.3 is 0 Å². The number of amides is 1. The minimum atomic E-state index is 0.0846. The molecule has 0 aliphatic carbocycles. The van der Waals surface area contributed by atoms with Crippen molar-refractivity contribution in [2.45, 2.75) is 40.5 Å². The predicted molar refractivity (Wildman–Crippen MR) is 77.4 cm³/mol. The standard InChI is InChI=1S/C15H21N3O/c1-5-12(6-2)15(19)17-13-7-8-14-16-10(3)11(4)18(14)9-13/h7-9,12H,5-6H2,1-4H3,(H,17,19). The quantitative estimate of drug-likeness (QED) is 0.915. The fraction of sp³-hybridized carbons (Fsp3) is 0.467. The topological polar surface area (TPSA) is 46.4 Å². The second-order valence-electron chi connectivity index (χ2n) is 4.93. The van der Waals surface area contributed by atoms with E-state index in [-0.39, 0.29) is 11.8 Å². The molecule has 1 N–H and O–H groups in total. The predicted octanol–water partition coefficient (Wildman–Crippen LogP) is 3.33. The fourth-order valence-corrected chi connectivity index (χ4v) is 2.26. The second-order valence-corrected chi connectivity index (χ2v) is 4.93. The van der Waals surface area contributed by atoms with Crippen LogP contribution in [0.2, 0.25) is 0 Å². The van der Waals surface area contributed by atoms with Crippen molar-refractivity contribution in [1.82, 2.24) is 9.38 Å². The zero-order valence-corrected chi connectivity index (χ0v) is 12.0. The number of aryl methyl sites for hydroxylation is 2. The third-order valence-electron chi connectivity index (χ3n) is 3.72. The first kappa shape index (κ1) is 13.6. The number of carbonyl (C=O) groups excluding carboxylic acids is 1. The van der Waals surface area contributed by atoms with Crippen molar-refractivity contribution in [3.63, 3.8) is 0 Å². The van der Waals surface area contributed by atoms with Gasteiger partial charge in [-0.3, -0.25) is 4.79 Å². The molecule has 2 heterocycles. The van der Waals surface area contributed by atoms with E-state index < -0.39 is 0 Å². The molecule has 0 bridgehead atoms. The maximum atomic E-state index is 12.1. The lowest BCUT2D eigenvalue weighted by molar-refractivity contribution is -0.120. The zero-order chi connectivity index (χ0) is 14.0. The first-order valence-electron chi connectivity index (χ1n) is 6.83. The van der Waals surface area contributed by atoms with Gasteiger partial charge in [0.15, 0.2) is 0 Å². The van der Waals surface area contributed by atoms with Crippen LogP contribution in [0.3, 0.4) is 0 Å². The molecule has 0 saturated heterocycles. The Morgan fingerprint density at radius 2 is 2.00 bits per heavy atom. The molecule has 4 nitrogen and oxygen atoms in total. The van der Waals surface area contributed by atoms with Crippen LogP contribution in [0.15, 0.2) is 18.3 Å². The van der Waals surface area contributed by atoms with E-state index in [4.69, 9.17) is 0 Å². The van der Waals surface area contributed by atoms with E-state index in [1.165, 1.54) is 0 Å². The summed E-state index contributed by atoms with van der Waals surface area (Å²) in [5, 5.41) is 2.98. The molecule has 19 heavy (non-hydrogen) atoms. The maximum Gasteiger partial charge on any atom is 0.227 e. The van der Waals surface area contributed by atoms with Gasteiger partial charge in [0.25, 0.3) is 0 Å². The van der Waals surface area contributed by atoms with Gasteiger partial charge in [0, 0.05) is 17.8 Å². The van der Waals surface area contributed by atoms with E-state index in [2.05, 4.69) is 10.3 Å². The number of rotatable bonds is 4. The van der Waals surface area contributed by atoms with Crippen LogP contribution in [0, 0.1) is 19.8 Å². The van der Waals surface area contributed by atoms with Crippen molar-refractivity contribution in [3.8, 4) is 0 Å². The molecule has 0 spiro atoms. The molecule has 0 aliphatic heterocycles. The van der Waals surface area contributed by atoms with Gasteiger partial charge in [-0.2, -0.15) is 0 Å². The summed E-state index contributed by atoms with van der Waals surface area (Å²) in [5.41, 5.74) is 3.86. The largest absolute Gasteiger partial charge is 0.325 e. The third kappa shape index (κ3) is 2.62. The van der Waals surface area contributed by atoms with E-state index in [9.17, 15) is 4.79 Å². The number of nitrogens with zero attached hydrogens (tertiary/aromatic N) is 2. The molecule has 0 radical (unpaired) electrons. The van der Waals surface area contributed by atoms with Gasteiger partial charge in [0.2, 0.25) is 5.91 Å². The average molecular weight is 259 g/mol. The molecule has 0 aromatic carbocycles. The number of carbonyl (C=O) groups is 1. The highest BCUT2D eigenvalue weighted by Gasteiger charge is 2.14. The Balaban J connectivity index is 2.26.